The van der Waals surface area contributed by atoms with Crippen LogP contribution in [-0.4, -0.2) is 14.1 Å². The van der Waals surface area contributed by atoms with Gasteiger partial charge < -0.3 is 4.90 Å². The highest BCUT2D eigenvalue weighted by atomic mass is 35.5. The van der Waals surface area contributed by atoms with E-state index in [1.165, 1.54) is 0 Å². The second-order valence-electron chi connectivity index (χ2n) is 4.09. The standard InChI is InChI=1S/C14H14ClN3/c1-18(2)14-8-6-12(7-9-14)16-17-13-5-3-4-11(15)10-13/h3-10H,1-2H3. The number of anilines is 1. The topological polar surface area (TPSA) is 28.0 Å². The van der Waals surface area contributed by atoms with E-state index >= 15 is 0 Å². The first-order valence-corrected chi connectivity index (χ1v) is 5.97. The van der Waals surface area contributed by atoms with Crippen molar-refractivity contribution in [2.24, 2.45) is 10.2 Å². The molecule has 92 valence electrons. The fourth-order valence-electron chi connectivity index (χ4n) is 1.47. The fourth-order valence-corrected chi connectivity index (χ4v) is 1.66. The zero-order chi connectivity index (χ0) is 13.0. The van der Waals surface area contributed by atoms with Gasteiger partial charge in [0.2, 0.25) is 0 Å². The SMILES string of the molecule is CN(C)c1ccc(N=Nc2cccc(Cl)c2)cc1. The summed E-state index contributed by atoms with van der Waals surface area (Å²) < 4.78 is 0. The minimum atomic E-state index is 0.661. The average Bonchev–Trinajstić information content (AvgIpc) is 2.37. The van der Waals surface area contributed by atoms with Crippen LogP contribution in [0.25, 0.3) is 0 Å². The minimum absolute atomic E-state index is 0.661. The van der Waals surface area contributed by atoms with Gasteiger partial charge in [-0.1, -0.05) is 17.7 Å². The molecule has 4 heteroatoms. The summed E-state index contributed by atoms with van der Waals surface area (Å²) in [5.41, 5.74) is 2.71. The van der Waals surface area contributed by atoms with E-state index in [1.54, 1.807) is 6.07 Å². The highest BCUT2D eigenvalue weighted by Gasteiger charge is 1.95. The Morgan fingerprint density at radius 1 is 0.889 bits per heavy atom. The minimum Gasteiger partial charge on any atom is -0.378 e. The molecule has 2 aromatic carbocycles. The molecule has 0 saturated heterocycles. The molecular weight excluding hydrogens is 246 g/mol. The molecule has 2 aromatic rings. The third-order valence-electron chi connectivity index (χ3n) is 2.46. The summed E-state index contributed by atoms with van der Waals surface area (Å²) in [6.45, 7) is 0. The number of halogens is 1. The van der Waals surface area contributed by atoms with Crippen molar-refractivity contribution >= 4 is 28.7 Å². The second-order valence-corrected chi connectivity index (χ2v) is 4.53. The molecule has 0 spiro atoms. The summed E-state index contributed by atoms with van der Waals surface area (Å²) in [6.07, 6.45) is 0. The Balaban J connectivity index is 2.14. The molecule has 3 nitrogen and oxygen atoms in total. The Morgan fingerprint density at radius 2 is 1.56 bits per heavy atom. The van der Waals surface area contributed by atoms with Crippen molar-refractivity contribution in [3.05, 3.63) is 53.6 Å². The van der Waals surface area contributed by atoms with Gasteiger partial charge in [-0.2, -0.15) is 10.2 Å². The van der Waals surface area contributed by atoms with Crippen molar-refractivity contribution in [2.45, 2.75) is 0 Å². The van der Waals surface area contributed by atoms with Gasteiger partial charge in [0.15, 0.2) is 0 Å². The summed E-state index contributed by atoms with van der Waals surface area (Å²) in [6, 6.07) is 15.2. The van der Waals surface area contributed by atoms with E-state index in [0.717, 1.165) is 17.1 Å². The lowest BCUT2D eigenvalue weighted by atomic mass is 10.3. The summed E-state index contributed by atoms with van der Waals surface area (Å²) in [5, 5.41) is 8.97. The molecule has 0 radical (unpaired) electrons. The number of azo groups is 1. The smallest absolute Gasteiger partial charge is 0.0871 e. The van der Waals surface area contributed by atoms with E-state index in [-0.39, 0.29) is 0 Å². The van der Waals surface area contributed by atoms with E-state index in [0.29, 0.717) is 5.02 Å². The van der Waals surface area contributed by atoms with Crippen LogP contribution in [0.1, 0.15) is 0 Å². The van der Waals surface area contributed by atoms with Crippen LogP contribution >= 0.6 is 11.6 Å². The molecule has 0 aromatic heterocycles. The van der Waals surface area contributed by atoms with Crippen molar-refractivity contribution in [3.8, 4) is 0 Å². The van der Waals surface area contributed by atoms with Crippen molar-refractivity contribution in [1.29, 1.82) is 0 Å². The molecule has 0 unspecified atom stereocenters. The van der Waals surface area contributed by atoms with Gasteiger partial charge in [-0.15, -0.1) is 0 Å². The molecule has 0 heterocycles. The quantitative estimate of drug-likeness (QED) is 0.726. The van der Waals surface area contributed by atoms with Gasteiger partial charge in [0, 0.05) is 24.8 Å². The van der Waals surface area contributed by atoms with Crippen LogP contribution < -0.4 is 4.90 Å². The normalized spacial score (nSPS) is 10.8. The van der Waals surface area contributed by atoms with Crippen LogP contribution in [0.2, 0.25) is 5.02 Å². The molecule has 0 saturated carbocycles. The van der Waals surface area contributed by atoms with Gasteiger partial charge in [0.1, 0.15) is 0 Å². The molecule has 18 heavy (non-hydrogen) atoms. The summed E-state index contributed by atoms with van der Waals surface area (Å²) in [5.74, 6) is 0. The molecule has 0 N–H and O–H groups in total. The maximum absolute atomic E-state index is 5.88. The van der Waals surface area contributed by atoms with E-state index in [9.17, 15) is 0 Å². The number of benzene rings is 2. The second kappa shape index (κ2) is 5.65. The molecular formula is C14H14ClN3. The third kappa shape index (κ3) is 3.31. The van der Waals surface area contributed by atoms with Crippen molar-refractivity contribution < 1.29 is 0 Å². The molecule has 0 aliphatic heterocycles. The van der Waals surface area contributed by atoms with E-state index in [1.807, 2.05) is 61.5 Å². The van der Waals surface area contributed by atoms with Gasteiger partial charge >= 0.3 is 0 Å². The number of hydrogen-bond acceptors (Lipinski definition) is 3. The Labute approximate surface area is 112 Å². The van der Waals surface area contributed by atoms with Gasteiger partial charge in [0.25, 0.3) is 0 Å². The predicted octanol–water partition coefficient (Wildman–Crippen LogP) is 4.82. The lowest BCUT2D eigenvalue weighted by molar-refractivity contribution is 1.13. The zero-order valence-electron chi connectivity index (χ0n) is 10.3. The number of nitrogens with zero attached hydrogens (tertiary/aromatic N) is 3. The third-order valence-corrected chi connectivity index (χ3v) is 2.69. The highest BCUT2D eigenvalue weighted by Crippen LogP contribution is 2.22. The van der Waals surface area contributed by atoms with Crippen LogP contribution in [0.15, 0.2) is 58.8 Å². The molecule has 0 fully saturated rings. The lowest BCUT2D eigenvalue weighted by Gasteiger charge is -2.11. The lowest BCUT2D eigenvalue weighted by Crippen LogP contribution is -2.07. The predicted molar refractivity (Wildman–Crippen MR) is 76.4 cm³/mol. The van der Waals surface area contributed by atoms with Gasteiger partial charge in [0.05, 0.1) is 11.4 Å². The number of hydrogen-bond donors (Lipinski definition) is 0. The van der Waals surface area contributed by atoms with E-state index in [2.05, 4.69) is 10.2 Å². The monoisotopic (exact) mass is 259 g/mol. The summed E-state index contributed by atoms with van der Waals surface area (Å²) in [7, 11) is 4.00. The Kier molecular flexibility index (Phi) is 3.95. The Bertz CT molecular complexity index is 547. The highest BCUT2D eigenvalue weighted by molar-refractivity contribution is 6.30. The Morgan fingerprint density at radius 3 is 2.17 bits per heavy atom. The Hall–Kier alpha value is -1.87. The molecule has 0 aliphatic rings. The molecule has 0 atom stereocenters. The van der Waals surface area contributed by atoms with Crippen LogP contribution in [0.3, 0.4) is 0 Å². The van der Waals surface area contributed by atoms with E-state index in [4.69, 9.17) is 11.6 Å². The summed E-state index contributed by atoms with van der Waals surface area (Å²) >= 11 is 5.88. The molecule has 0 bridgehead atoms. The van der Waals surface area contributed by atoms with Crippen molar-refractivity contribution in [3.63, 3.8) is 0 Å². The van der Waals surface area contributed by atoms with E-state index < -0.39 is 0 Å². The first kappa shape index (κ1) is 12.6. The van der Waals surface area contributed by atoms with Crippen LogP contribution in [-0.2, 0) is 0 Å². The molecule has 0 amide bonds. The van der Waals surface area contributed by atoms with Gasteiger partial charge in [-0.3, -0.25) is 0 Å². The van der Waals surface area contributed by atoms with Gasteiger partial charge in [-0.05, 0) is 42.5 Å². The molecule has 2 rings (SSSR count). The maximum atomic E-state index is 5.88. The maximum Gasteiger partial charge on any atom is 0.0871 e. The van der Waals surface area contributed by atoms with Crippen LogP contribution in [0, 0.1) is 0 Å². The number of rotatable bonds is 3. The summed E-state index contributed by atoms with van der Waals surface area (Å²) in [4.78, 5) is 2.04. The first-order chi connectivity index (χ1) is 8.65. The molecule has 0 aliphatic carbocycles. The van der Waals surface area contributed by atoms with Crippen LogP contribution in [0.4, 0.5) is 17.1 Å². The zero-order valence-corrected chi connectivity index (χ0v) is 11.1. The van der Waals surface area contributed by atoms with Gasteiger partial charge in [-0.25, -0.2) is 0 Å². The first-order valence-electron chi connectivity index (χ1n) is 5.60. The largest absolute Gasteiger partial charge is 0.378 e. The fraction of sp³-hybridized carbons (Fsp3) is 0.143. The van der Waals surface area contributed by atoms with Crippen molar-refractivity contribution in [2.75, 3.05) is 19.0 Å². The van der Waals surface area contributed by atoms with Crippen LogP contribution in [0.5, 0.6) is 0 Å². The average molecular weight is 260 g/mol. The van der Waals surface area contributed by atoms with Crippen molar-refractivity contribution in [1.82, 2.24) is 0 Å².